The molecular weight excluding hydrogens is 368 g/mol. The molecule has 1 aromatic rings. The molecule has 2 nitrogen and oxygen atoms in total. The second kappa shape index (κ2) is 6.93. The first-order chi connectivity index (χ1) is 7.15. The zero-order valence-corrected chi connectivity index (χ0v) is 12.3. The highest BCUT2D eigenvalue weighted by Gasteiger charge is 2.13. The maximum Gasteiger partial charge on any atom is 0.253 e. The summed E-state index contributed by atoms with van der Waals surface area (Å²) in [5.41, 5.74) is 0.473. The molecule has 1 heterocycles. The van der Waals surface area contributed by atoms with Gasteiger partial charge in [0.15, 0.2) is 0 Å². The number of halogens is 3. The minimum absolute atomic E-state index is 0.142. The number of alkyl halides is 1. The van der Waals surface area contributed by atoms with E-state index in [0.29, 0.717) is 20.8 Å². The van der Waals surface area contributed by atoms with Gasteiger partial charge in [-0.2, -0.15) is 0 Å². The fraction of sp³-hybridized carbons (Fsp3) is 0.444. The first kappa shape index (κ1) is 13.5. The van der Waals surface area contributed by atoms with Crippen LogP contribution in [0.4, 0.5) is 0 Å². The summed E-state index contributed by atoms with van der Waals surface area (Å²) in [7, 11) is 0. The van der Waals surface area contributed by atoms with Crippen molar-refractivity contribution in [3.63, 3.8) is 0 Å². The van der Waals surface area contributed by atoms with Crippen LogP contribution < -0.4 is 5.32 Å². The number of carbonyl (C=O) groups excluding carboxylic acids is 1. The van der Waals surface area contributed by atoms with Crippen molar-refractivity contribution in [2.45, 2.75) is 12.8 Å². The molecule has 0 aliphatic carbocycles. The van der Waals surface area contributed by atoms with Crippen LogP contribution >= 0.6 is 57.1 Å². The van der Waals surface area contributed by atoms with Crippen LogP contribution in [0.15, 0.2) is 6.07 Å². The van der Waals surface area contributed by atoms with E-state index in [0.717, 1.165) is 17.3 Å². The number of amides is 1. The zero-order valence-electron chi connectivity index (χ0n) is 7.86. The van der Waals surface area contributed by atoms with Crippen molar-refractivity contribution < 1.29 is 4.79 Å². The monoisotopic (exact) mass is 377 g/mol. The molecule has 0 unspecified atom stereocenters. The topological polar surface area (TPSA) is 29.1 Å². The normalized spacial score (nSPS) is 10.3. The summed E-state index contributed by atoms with van der Waals surface area (Å²) in [5, 5.41) is 2.81. The van der Waals surface area contributed by atoms with Crippen molar-refractivity contribution in [3.05, 3.63) is 20.3 Å². The number of hydrogen-bond donors (Lipinski definition) is 1. The number of hydrogen-bond acceptors (Lipinski definition) is 2. The van der Waals surface area contributed by atoms with Crippen LogP contribution in [0.25, 0.3) is 0 Å². The molecule has 0 aliphatic rings. The van der Waals surface area contributed by atoms with E-state index >= 15 is 0 Å². The molecule has 6 heteroatoms. The summed E-state index contributed by atoms with van der Waals surface area (Å²) >= 11 is 15.1. The smallest absolute Gasteiger partial charge is 0.253 e. The Balaban J connectivity index is 2.43. The standard InChI is InChI=1S/C9H10Cl2INOS/c10-7-5-6(8(11)15-7)9(14)13-4-2-1-3-12/h5H,1-4H2,(H,13,14). The van der Waals surface area contributed by atoms with Gasteiger partial charge in [0.25, 0.3) is 5.91 Å². The van der Waals surface area contributed by atoms with Gasteiger partial charge in [-0.15, -0.1) is 11.3 Å². The molecule has 1 aromatic heterocycles. The van der Waals surface area contributed by atoms with Crippen molar-refractivity contribution in [1.29, 1.82) is 0 Å². The fourth-order valence-corrected chi connectivity index (χ4v) is 3.01. The summed E-state index contributed by atoms with van der Waals surface area (Å²) in [6.45, 7) is 0.686. The molecule has 0 spiro atoms. The Bertz CT molecular complexity index is 343. The third kappa shape index (κ3) is 4.46. The largest absolute Gasteiger partial charge is 0.352 e. The average Bonchev–Trinajstić information content (AvgIpc) is 2.52. The molecule has 1 N–H and O–H groups in total. The Morgan fingerprint density at radius 3 is 2.73 bits per heavy atom. The number of unbranched alkanes of at least 4 members (excludes halogenated alkanes) is 1. The van der Waals surface area contributed by atoms with Crippen LogP contribution in [0.3, 0.4) is 0 Å². The molecule has 0 atom stereocenters. The summed E-state index contributed by atoms with van der Waals surface area (Å²) in [6.07, 6.45) is 2.10. The first-order valence-corrected chi connectivity index (χ1v) is 7.54. The van der Waals surface area contributed by atoms with Gasteiger partial charge >= 0.3 is 0 Å². The molecule has 1 rings (SSSR count). The Hall–Kier alpha value is 0.480. The number of nitrogens with one attached hydrogen (secondary N) is 1. The minimum Gasteiger partial charge on any atom is -0.352 e. The van der Waals surface area contributed by atoms with Gasteiger partial charge in [0.1, 0.15) is 4.34 Å². The predicted molar refractivity (Wildman–Crippen MR) is 74.8 cm³/mol. The minimum atomic E-state index is -0.142. The summed E-state index contributed by atoms with van der Waals surface area (Å²) in [6, 6.07) is 1.60. The van der Waals surface area contributed by atoms with Crippen LogP contribution in [-0.2, 0) is 0 Å². The maximum atomic E-state index is 11.6. The Morgan fingerprint density at radius 2 is 2.20 bits per heavy atom. The lowest BCUT2D eigenvalue weighted by Gasteiger charge is -2.02. The molecule has 0 saturated heterocycles. The molecule has 84 valence electrons. The molecule has 0 bridgehead atoms. The van der Waals surface area contributed by atoms with Gasteiger partial charge in [-0.05, 0) is 23.3 Å². The number of carbonyl (C=O) groups is 1. The van der Waals surface area contributed by atoms with Gasteiger partial charge < -0.3 is 5.32 Å². The molecular formula is C9H10Cl2INOS. The molecule has 0 aromatic carbocycles. The lowest BCUT2D eigenvalue weighted by molar-refractivity contribution is 0.0954. The van der Waals surface area contributed by atoms with Crippen LogP contribution in [-0.4, -0.2) is 16.9 Å². The van der Waals surface area contributed by atoms with Crippen LogP contribution in [0.1, 0.15) is 23.2 Å². The Labute approximate surface area is 116 Å². The van der Waals surface area contributed by atoms with Crippen LogP contribution in [0, 0.1) is 0 Å². The Kier molecular flexibility index (Phi) is 6.26. The van der Waals surface area contributed by atoms with Gasteiger partial charge in [0.05, 0.1) is 9.90 Å². The summed E-state index contributed by atoms with van der Waals surface area (Å²) in [5.74, 6) is -0.142. The van der Waals surface area contributed by atoms with Crippen molar-refractivity contribution >= 4 is 63.0 Å². The van der Waals surface area contributed by atoms with Gasteiger partial charge in [0.2, 0.25) is 0 Å². The quantitative estimate of drug-likeness (QED) is 0.469. The summed E-state index contributed by atoms with van der Waals surface area (Å²) < 4.78 is 2.10. The van der Waals surface area contributed by atoms with Gasteiger partial charge in [0, 0.05) is 6.54 Å². The summed E-state index contributed by atoms with van der Waals surface area (Å²) in [4.78, 5) is 11.6. The van der Waals surface area contributed by atoms with E-state index in [9.17, 15) is 4.79 Å². The molecule has 1 amide bonds. The van der Waals surface area contributed by atoms with Gasteiger partial charge in [-0.3, -0.25) is 4.79 Å². The van der Waals surface area contributed by atoms with E-state index in [2.05, 4.69) is 27.9 Å². The second-order valence-electron chi connectivity index (χ2n) is 2.89. The van der Waals surface area contributed by atoms with Gasteiger partial charge in [-0.1, -0.05) is 45.8 Å². The van der Waals surface area contributed by atoms with E-state index in [1.54, 1.807) is 6.07 Å². The third-order valence-electron chi connectivity index (χ3n) is 1.75. The maximum absolute atomic E-state index is 11.6. The van der Waals surface area contributed by atoms with E-state index in [4.69, 9.17) is 23.2 Å². The fourth-order valence-electron chi connectivity index (χ4n) is 1.01. The Morgan fingerprint density at radius 1 is 1.47 bits per heavy atom. The predicted octanol–water partition coefficient (Wildman–Crippen LogP) is 4.00. The molecule has 0 fully saturated rings. The lowest BCUT2D eigenvalue weighted by Crippen LogP contribution is -2.24. The SMILES string of the molecule is O=C(NCCCCI)c1cc(Cl)sc1Cl. The molecule has 0 radical (unpaired) electrons. The molecule has 15 heavy (non-hydrogen) atoms. The third-order valence-corrected chi connectivity index (χ3v) is 4.00. The average molecular weight is 378 g/mol. The van der Waals surface area contributed by atoms with Crippen molar-refractivity contribution in [2.24, 2.45) is 0 Å². The van der Waals surface area contributed by atoms with Crippen molar-refractivity contribution in [2.75, 3.05) is 11.0 Å². The zero-order chi connectivity index (χ0) is 11.3. The highest BCUT2D eigenvalue weighted by Crippen LogP contribution is 2.30. The van der Waals surface area contributed by atoms with Gasteiger partial charge in [-0.25, -0.2) is 0 Å². The van der Waals surface area contributed by atoms with Crippen molar-refractivity contribution in [3.8, 4) is 0 Å². The second-order valence-corrected chi connectivity index (χ2v) is 6.25. The van der Waals surface area contributed by atoms with E-state index in [1.165, 1.54) is 11.3 Å². The molecule has 0 saturated carbocycles. The molecule has 0 aliphatic heterocycles. The van der Waals surface area contributed by atoms with Crippen LogP contribution in [0.2, 0.25) is 8.67 Å². The first-order valence-electron chi connectivity index (χ1n) is 4.44. The lowest BCUT2D eigenvalue weighted by atomic mass is 10.3. The van der Waals surface area contributed by atoms with E-state index in [-0.39, 0.29) is 5.91 Å². The van der Waals surface area contributed by atoms with E-state index < -0.39 is 0 Å². The number of thiophene rings is 1. The van der Waals surface area contributed by atoms with Crippen LogP contribution in [0.5, 0.6) is 0 Å². The van der Waals surface area contributed by atoms with E-state index in [1.807, 2.05) is 0 Å². The highest BCUT2D eigenvalue weighted by molar-refractivity contribution is 14.1. The van der Waals surface area contributed by atoms with Crippen molar-refractivity contribution in [1.82, 2.24) is 5.32 Å². The number of rotatable bonds is 5. The highest BCUT2D eigenvalue weighted by atomic mass is 127.